The monoisotopic (exact) mass is 221 g/mol. The lowest BCUT2D eigenvalue weighted by Crippen LogP contribution is -1.74. The first kappa shape index (κ1) is 9.78. The molecule has 1 heterocycles. The Hall–Kier alpha value is -2.42. The van der Waals surface area contributed by atoms with E-state index in [0.717, 1.165) is 16.6 Å². The van der Waals surface area contributed by atoms with Crippen LogP contribution in [0.1, 0.15) is 11.1 Å². The van der Waals surface area contributed by atoms with Crippen LogP contribution in [0, 0.1) is 0 Å². The van der Waals surface area contributed by atoms with Gasteiger partial charge in [-0.05, 0) is 23.3 Å². The Morgan fingerprint density at radius 1 is 0.765 bits per heavy atom. The van der Waals surface area contributed by atoms with E-state index in [1.165, 1.54) is 5.56 Å². The van der Waals surface area contributed by atoms with E-state index in [9.17, 15) is 0 Å². The van der Waals surface area contributed by atoms with E-state index in [2.05, 4.69) is 39.7 Å². The highest BCUT2D eigenvalue weighted by Crippen LogP contribution is 2.13. The molecule has 0 saturated carbocycles. The van der Waals surface area contributed by atoms with Gasteiger partial charge in [0, 0.05) is 0 Å². The topological polar surface area (TPSA) is 41.6 Å². The number of nitrogens with one attached hydrogen (secondary N) is 1. The van der Waals surface area contributed by atoms with Crippen LogP contribution in [-0.4, -0.2) is 15.4 Å². The predicted octanol–water partition coefficient (Wildman–Crippen LogP) is 3.13. The highest BCUT2D eigenvalue weighted by molar-refractivity contribution is 5.79. The van der Waals surface area contributed by atoms with Crippen LogP contribution in [0.2, 0.25) is 0 Å². The third-order valence-corrected chi connectivity index (χ3v) is 2.61. The molecule has 0 atom stereocenters. The molecule has 0 aliphatic rings. The van der Waals surface area contributed by atoms with Crippen LogP contribution in [0.15, 0.2) is 48.5 Å². The summed E-state index contributed by atoms with van der Waals surface area (Å²) in [5, 5.41) is 10.7. The summed E-state index contributed by atoms with van der Waals surface area (Å²) in [6.07, 6.45) is 4.16. The molecule has 3 nitrogen and oxygen atoms in total. The lowest BCUT2D eigenvalue weighted by molar-refractivity contribution is 0.959. The number of aromatic nitrogens is 3. The van der Waals surface area contributed by atoms with Gasteiger partial charge >= 0.3 is 0 Å². The molecule has 1 N–H and O–H groups in total. The quantitative estimate of drug-likeness (QED) is 0.675. The molecule has 0 bridgehead atoms. The minimum Gasteiger partial charge on any atom is -0.197 e. The average Bonchev–Trinajstić information content (AvgIpc) is 2.85. The van der Waals surface area contributed by atoms with Crippen LogP contribution in [0.25, 0.3) is 23.2 Å². The first-order chi connectivity index (χ1) is 8.42. The molecule has 0 aliphatic heterocycles. The van der Waals surface area contributed by atoms with Crippen LogP contribution in [0.3, 0.4) is 0 Å². The van der Waals surface area contributed by atoms with Crippen molar-refractivity contribution in [3.63, 3.8) is 0 Å². The van der Waals surface area contributed by atoms with Gasteiger partial charge in [0.2, 0.25) is 0 Å². The molecule has 0 fully saturated rings. The van der Waals surface area contributed by atoms with E-state index >= 15 is 0 Å². The second kappa shape index (κ2) is 4.22. The molecule has 3 rings (SSSR count). The van der Waals surface area contributed by atoms with Crippen molar-refractivity contribution < 1.29 is 0 Å². The number of benzene rings is 2. The third kappa shape index (κ3) is 2.08. The summed E-state index contributed by atoms with van der Waals surface area (Å²) in [6, 6.07) is 16.2. The average molecular weight is 221 g/mol. The van der Waals surface area contributed by atoms with Crippen molar-refractivity contribution in [1.29, 1.82) is 0 Å². The Balaban J connectivity index is 1.92. The van der Waals surface area contributed by atoms with Gasteiger partial charge in [-0.3, -0.25) is 0 Å². The SMILES string of the molecule is C(=Cc1ccc2n[nH]nc2c1)c1ccccc1. The summed E-state index contributed by atoms with van der Waals surface area (Å²) in [5.41, 5.74) is 4.09. The molecule has 3 aromatic rings. The number of fused-ring (bicyclic) bond motifs is 1. The van der Waals surface area contributed by atoms with Gasteiger partial charge in [0.05, 0.1) is 0 Å². The minimum absolute atomic E-state index is 0.889. The van der Waals surface area contributed by atoms with Gasteiger partial charge in [0.15, 0.2) is 0 Å². The van der Waals surface area contributed by atoms with Gasteiger partial charge < -0.3 is 0 Å². The molecular formula is C14H11N3. The fourth-order valence-electron chi connectivity index (χ4n) is 1.72. The molecule has 82 valence electrons. The lowest BCUT2D eigenvalue weighted by Gasteiger charge is -1.93. The zero-order valence-electron chi connectivity index (χ0n) is 9.17. The summed E-state index contributed by atoms with van der Waals surface area (Å²) in [4.78, 5) is 0. The van der Waals surface area contributed by atoms with Gasteiger partial charge in [-0.15, -0.1) is 0 Å². The van der Waals surface area contributed by atoms with Crippen molar-refractivity contribution in [3.05, 3.63) is 59.7 Å². The molecule has 0 amide bonds. The smallest absolute Gasteiger partial charge is 0.113 e. The summed E-state index contributed by atoms with van der Waals surface area (Å²) >= 11 is 0. The second-order valence-corrected chi connectivity index (χ2v) is 3.82. The number of rotatable bonds is 2. The molecule has 2 aromatic carbocycles. The molecule has 17 heavy (non-hydrogen) atoms. The Kier molecular flexibility index (Phi) is 2.43. The molecule has 0 unspecified atom stereocenters. The second-order valence-electron chi connectivity index (χ2n) is 3.82. The third-order valence-electron chi connectivity index (χ3n) is 2.61. The number of hydrogen-bond acceptors (Lipinski definition) is 2. The van der Waals surface area contributed by atoms with E-state index in [1.807, 2.05) is 36.4 Å². The Morgan fingerprint density at radius 2 is 1.53 bits per heavy atom. The van der Waals surface area contributed by atoms with Gasteiger partial charge in [-0.25, -0.2) is 0 Å². The van der Waals surface area contributed by atoms with Crippen molar-refractivity contribution in [2.75, 3.05) is 0 Å². The summed E-state index contributed by atoms with van der Waals surface area (Å²) in [5.74, 6) is 0. The Labute approximate surface area is 98.8 Å². The van der Waals surface area contributed by atoms with Crippen LogP contribution in [0.4, 0.5) is 0 Å². The minimum atomic E-state index is 0.889. The van der Waals surface area contributed by atoms with E-state index < -0.39 is 0 Å². The maximum Gasteiger partial charge on any atom is 0.113 e. The summed E-state index contributed by atoms with van der Waals surface area (Å²) in [7, 11) is 0. The number of hydrogen-bond donors (Lipinski definition) is 1. The normalized spacial score (nSPS) is 11.3. The van der Waals surface area contributed by atoms with Gasteiger partial charge in [0.25, 0.3) is 0 Å². The fourth-order valence-corrected chi connectivity index (χ4v) is 1.72. The summed E-state index contributed by atoms with van der Waals surface area (Å²) in [6.45, 7) is 0. The van der Waals surface area contributed by atoms with Crippen LogP contribution in [0.5, 0.6) is 0 Å². The van der Waals surface area contributed by atoms with Gasteiger partial charge in [-0.1, -0.05) is 48.6 Å². The number of nitrogens with zero attached hydrogens (tertiary/aromatic N) is 2. The maximum atomic E-state index is 4.06. The highest BCUT2D eigenvalue weighted by atomic mass is 15.3. The van der Waals surface area contributed by atoms with Crippen LogP contribution in [-0.2, 0) is 0 Å². The molecule has 0 radical (unpaired) electrons. The Bertz CT molecular complexity index is 653. The van der Waals surface area contributed by atoms with E-state index in [1.54, 1.807) is 0 Å². The van der Waals surface area contributed by atoms with E-state index in [0.29, 0.717) is 0 Å². The van der Waals surface area contributed by atoms with Crippen molar-refractivity contribution in [2.24, 2.45) is 0 Å². The van der Waals surface area contributed by atoms with Crippen molar-refractivity contribution in [2.45, 2.75) is 0 Å². The molecule has 1 aromatic heterocycles. The predicted molar refractivity (Wildman–Crippen MR) is 69.3 cm³/mol. The van der Waals surface area contributed by atoms with Crippen LogP contribution < -0.4 is 0 Å². The maximum absolute atomic E-state index is 4.06. The van der Waals surface area contributed by atoms with Crippen molar-refractivity contribution in [3.8, 4) is 0 Å². The van der Waals surface area contributed by atoms with E-state index in [-0.39, 0.29) is 0 Å². The first-order valence-corrected chi connectivity index (χ1v) is 5.45. The van der Waals surface area contributed by atoms with Gasteiger partial charge in [-0.2, -0.15) is 15.4 Å². The molecule has 3 heteroatoms. The standard InChI is InChI=1S/C14H11N3/c1-2-4-11(5-3-1)6-7-12-8-9-13-14(10-12)16-17-15-13/h1-10H,(H,15,16,17). The lowest BCUT2D eigenvalue weighted by atomic mass is 10.1. The van der Waals surface area contributed by atoms with Crippen LogP contribution >= 0.6 is 0 Å². The fraction of sp³-hybridized carbons (Fsp3) is 0. The zero-order valence-corrected chi connectivity index (χ0v) is 9.17. The van der Waals surface area contributed by atoms with Gasteiger partial charge in [0.1, 0.15) is 11.0 Å². The molecule has 0 spiro atoms. The molecular weight excluding hydrogens is 210 g/mol. The van der Waals surface area contributed by atoms with E-state index in [4.69, 9.17) is 0 Å². The largest absolute Gasteiger partial charge is 0.197 e. The Morgan fingerprint density at radius 3 is 2.41 bits per heavy atom. The zero-order chi connectivity index (χ0) is 11.5. The van der Waals surface area contributed by atoms with Crippen molar-refractivity contribution in [1.82, 2.24) is 15.4 Å². The highest BCUT2D eigenvalue weighted by Gasteiger charge is 1.96. The number of aromatic amines is 1. The van der Waals surface area contributed by atoms with Crippen molar-refractivity contribution >= 4 is 23.2 Å². The molecule has 0 aliphatic carbocycles. The number of H-pyrrole nitrogens is 1. The summed E-state index contributed by atoms with van der Waals surface area (Å²) < 4.78 is 0. The first-order valence-electron chi connectivity index (χ1n) is 5.45. The molecule has 0 saturated heterocycles.